The Morgan fingerprint density at radius 2 is 1.90 bits per heavy atom. The number of hydrogen-bond donors (Lipinski definition) is 0. The molecule has 0 N–H and O–H groups in total. The normalized spacial score (nSPS) is 21.8. The Kier molecular flexibility index (Phi) is 5.00. The summed E-state index contributed by atoms with van der Waals surface area (Å²) in [6.07, 6.45) is 3.51. The van der Waals surface area contributed by atoms with Gasteiger partial charge in [-0.05, 0) is 56.9 Å². The van der Waals surface area contributed by atoms with Crippen LogP contribution in [-0.4, -0.2) is 18.7 Å². The van der Waals surface area contributed by atoms with Crippen molar-refractivity contribution in [3.63, 3.8) is 0 Å². The maximum absolute atomic E-state index is 11.6. The number of hydrogen-bond acceptors (Lipinski definition) is 4. The molecule has 0 amide bonds. The van der Waals surface area contributed by atoms with Crippen LogP contribution in [0.1, 0.15) is 38.2 Å². The molecule has 0 bridgehead atoms. The van der Waals surface area contributed by atoms with Crippen LogP contribution >= 0.6 is 0 Å². The van der Waals surface area contributed by atoms with Gasteiger partial charge in [0.05, 0.1) is 30.3 Å². The van der Waals surface area contributed by atoms with Gasteiger partial charge in [-0.2, -0.15) is 5.26 Å². The number of carbonyl (C=O) groups is 1. The summed E-state index contributed by atoms with van der Waals surface area (Å²) >= 11 is 0. The summed E-state index contributed by atoms with van der Waals surface area (Å²) in [4.78, 5) is 11.6. The third kappa shape index (κ3) is 3.74. The Hall–Kier alpha value is -2.02. The van der Waals surface area contributed by atoms with Crippen LogP contribution < -0.4 is 4.74 Å². The molecule has 0 radical (unpaired) electrons. The predicted molar refractivity (Wildman–Crippen MR) is 74.2 cm³/mol. The average Bonchev–Trinajstić information content (AvgIpc) is 2.49. The lowest BCUT2D eigenvalue weighted by Crippen LogP contribution is -2.29. The highest BCUT2D eigenvalue weighted by atomic mass is 16.5. The first-order valence-corrected chi connectivity index (χ1v) is 7.06. The minimum Gasteiger partial charge on any atom is -0.490 e. The fourth-order valence-electron chi connectivity index (χ4n) is 2.48. The van der Waals surface area contributed by atoms with E-state index in [-0.39, 0.29) is 18.0 Å². The van der Waals surface area contributed by atoms with Crippen LogP contribution in [0, 0.1) is 17.2 Å². The Morgan fingerprint density at radius 3 is 2.45 bits per heavy atom. The second-order valence-electron chi connectivity index (χ2n) is 4.98. The van der Waals surface area contributed by atoms with E-state index in [1.807, 2.05) is 19.1 Å². The van der Waals surface area contributed by atoms with Crippen LogP contribution in [0.5, 0.6) is 5.75 Å². The van der Waals surface area contributed by atoms with Gasteiger partial charge in [-0.1, -0.05) is 0 Å². The van der Waals surface area contributed by atoms with Gasteiger partial charge in [-0.3, -0.25) is 4.79 Å². The number of nitrogens with zero attached hydrogens (tertiary/aromatic N) is 1. The summed E-state index contributed by atoms with van der Waals surface area (Å²) in [5.41, 5.74) is 0.628. The van der Waals surface area contributed by atoms with E-state index in [0.29, 0.717) is 12.2 Å². The van der Waals surface area contributed by atoms with Gasteiger partial charge in [-0.25, -0.2) is 0 Å². The van der Waals surface area contributed by atoms with Crippen molar-refractivity contribution in [2.45, 2.75) is 38.7 Å². The average molecular weight is 273 g/mol. The van der Waals surface area contributed by atoms with Gasteiger partial charge in [0.2, 0.25) is 0 Å². The molecule has 0 spiro atoms. The molecule has 0 unspecified atom stereocenters. The van der Waals surface area contributed by atoms with Crippen molar-refractivity contribution >= 4 is 5.97 Å². The quantitative estimate of drug-likeness (QED) is 0.791. The van der Waals surface area contributed by atoms with Gasteiger partial charge in [0, 0.05) is 0 Å². The topological polar surface area (TPSA) is 59.3 Å². The van der Waals surface area contributed by atoms with Gasteiger partial charge >= 0.3 is 5.97 Å². The van der Waals surface area contributed by atoms with Crippen molar-refractivity contribution in [1.29, 1.82) is 5.26 Å². The van der Waals surface area contributed by atoms with Crippen LogP contribution in [0.2, 0.25) is 0 Å². The molecular weight excluding hydrogens is 254 g/mol. The number of rotatable bonds is 4. The molecule has 1 fully saturated rings. The van der Waals surface area contributed by atoms with Crippen molar-refractivity contribution in [1.82, 2.24) is 0 Å². The lowest BCUT2D eigenvalue weighted by Gasteiger charge is -2.27. The monoisotopic (exact) mass is 273 g/mol. The zero-order valence-electron chi connectivity index (χ0n) is 11.7. The van der Waals surface area contributed by atoms with E-state index in [1.165, 1.54) is 0 Å². The fourth-order valence-corrected chi connectivity index (χ4v) is 2.48. The Labute approximate surface area is 119 Å². The minimum absolute atomic E-state index is 0.0239. The molecule has 1 aromatic rings. The van der Waals surface area contributed by atoms with Crippen molar-refractivity contribution in [3.8, 4) is 11.8 Å². The first kappa shape index (κ1) is 14.4. The Bertz CT molecular complexity index is 481. The van der Waals surface area contributed by atoms with Gasteiger partial charge in [0.1, 0.15) is 5.75 Å². The minimum atomic E-state index is -0.0793. The number of carbonyl (C=O) groups excluding carboxylic acids is 1. The van der Waals surface area contributed by atoms with Crippen LogP contribution in [0.3, 0.4) is 0 Å². The molecule has 1 aromatic carbocycles. The second-order valence-corrected chi connectivity index (χ2v) is 4.98. The maximum atomic E-state index is 11.6. The standard InChI is InChI=1S/C16H19NO3/c1-2-19-16(18)13-5-9-15(10-6-13)20-14-7-3-12(11-17)4-8-14/h3-4,7-8,13,15H,2,5-6,9-10H2,1H3. The second kappa shape index (κ2) is 6.95. The molecule has 1 aliphatic rings. The molecule has 4 nitrogen and oxygen atoms in total. The SMILES string of the molecule is CCOC(=O)C1CCC(Oc2ccc(C#N)cc2)CC1. The smallest absolute Gasteiger partial charge is 0.308 e. The van der Waals surface area contributed by atoms with Crippen molar-refractivity contribution in [2.24, 2.45) is 5.92 Å². The highest BCUT2D eigenvalue weighted by molar-refractivity contribution is 5.72. The lowest BCUT2D eigenvalue weighted by molar-refractivity contribution is -0.149. The molecule has 20 heavy (non-hydrogen) atoms. The van der Waals surface area contributed by atoms with E-state index in [9.17, 15) is 4.79 Å². The molecule has 2 rings (SSSR count). The molecule has 1 aliphatic carbocycles. The van der Waals surface area contributed by atoms with Crippen LogP contribution in [-0.2, 0) is 9.53 Å². The van der Waals surface area contributed by atoms with Gasteiger partial charge in [0.25, 0.3) is 0 Å². The first-order valence-electron chi connectivity index (χ1n) is 7.06. The van der Waals surface area contributed by atoms with E-state index in [1.54, 1.807) is 12.1 Å². The van der Waals surface area contributed by atoms with E-state index < -0.39 is 0 Å². The molecule has 1 saturated carbocycles. The van der Waals surface area contributed by atoms with E-state index in [0.717, 1.165) is 31.4 Å². The maximum Gasteiger partial charge on any atom is 0.308 e. The zero-order chi connectivity index (χ0) is 14.4. The zero-order valence-corrected chi connectivity index (χ0v) is 11.7. The molecular formula is C16H19NO3. The fraction of sp³-hybridized carbons (Fsp3) is 0.500. The van der Waals surface area contributed by atoms with E-state index in [4.69, 9.17) is 14.7 Å². The van der Waals surface area contributed by atoms with Gasteiger partial charge in [-0.15, -0.1) is 0 Å². The van der Waals surface area contributed by atoms with Crippen molar-refractivity contribution < 1.29 is 14.3 Å². The largest absolute Gasteiger partial charge is 0.490 e. The van der Waals surface area contributed by atoms with Gasteiger partial charge in [0.15, 0.2) is 0 Å². The number of esters is 1. The third-order valence-electron chi connectivity index (χ3n) is 3.58. The number of benzene rings is 1. The summed E-state index contributed by atoms with van der Waals surface area (Å²) < 4.78 is 10.9. The molecule has 0 atom stereocenters. The summed E-state index contributed by atoms with van der Waals surface area (Å²) in [7, 11) is 0. The summed E-state index contributed by atoms with van der Waals surface area (Å²) in [6.45, 7) is 2.28. The molecule has 0 saturated heterocycles. The van der Waals surface area contributed by atoms with Crippen LogP contribution in [0.25, 0.3) is 0 Å². The highest BCUT2D eigenvalue weighted by Gasteiger charge is 2.28. The molecule has 0 aliphatic heterocycles. The highest BCUT2D eigenvalue weighted by Crippen LogP contribution is 2.28. The van der Waals surface area contributed by atoms with Crippen molar-refractivity contribution in [3.05, 3.63) is 29.8 Å². The lowest BCUT2D eigenvalue weighted by atomic mass is 9.87. The number of ether oxygens (including phenoxy) is 2. The summed E-state index contributed by atoms with van der Waals surface area (Å²) in [5.74, 6) is 0.726. The molecule has 106 valence electrons. The third-order valence-corrected chi connectivity index (χ3v) is 3.58. The molecule has 0 aromatic heterocycles. The summed E-state index contributed by atoms with van der Waals surface area (Å²) in [6, 6.07) is 9.21. The Morgan fingerprint density at radius 1 is 1.25 bits per heavy atom. The predicted octanol–water partition coefficient (Wildman–Crippen LogP) is 3.06. The van der Waals surface area contributed by atoms with E-state index >= 15 is 0 Å². The Balaban J connectivity index is 1.82. The molecule has 4 heteroatoms. The van der Waals surface area contributed by atoms with Crippen molar-refractivity contribution in [2.75, 3.05) is 6.61 Å². The van der Waals surface area contributed by atoms with E-state index in [2.05, 4.69) is 6.07 Å². The van der Waals surface area contributed by atoms with Gasteiger partial charge < -0.3 is 9.47 Å². The van der Waals surface area contributed by atoms with Crippen LogP contribution in [0.15, 0.2) is 24.3 Å². The van der Waals surface area contributed by atoms with Crippen LogP contribution in [0.4, 0.5) is 0 Å². The summed E-state index contributed by atoms with van der Waals surface area (Å²) in [5, 5.41) is 8.74. The first-order chi connectivity index (χ1) is 9.72. The number of nitriles is 1. The molecule has 0 heterocycles.